The minimum atomic E-state index is 0.0178. The van der Waals surface area contributed by atoms with Crippen molar-refractivity contribution in [2.75, 3.05) is 31.1 Å². The van der Waals surface area contributed by atoms with Gasteiger partial charge in [0.05, 0.1) is 5.69 Å². The van der Waals surface area contributed by atoms with E-state index in [1.165, 1.54) is 0 Å². The lowest BCUT2D eigenvalue weighted by molar-refractivity contribution is 0.0742. The molecule has 0 radical (unpaired) electrons. The van der Waals surface area contributed by atoms with Crippen molar-refractivity contribution in [3.8, 4) is 5.75 Å². The molecule has 0 spiro atoms. The van der Waals surface area contributed by atoms with Gasteiger partial charge in [-0.05, 0) is 36.4 Å². The molecule has 3 aromatic rings. The van der Waals surface area contributed by atoms with Gasteiger partial charge in [-0.15, -0.1) is 0 Å². The Balaban J connectivity index is 1.48. The van der Waals surface area contributed by atoms with E-state index >= 15 is 0 Å². The fraction of sp³-hybridized carbons (Fsp3) is 0.211. The third-order valence-electron chi connectivity index (χ3n) is 4.60. The second-order valence-electron chi connectivity index (χ2n) is 6.18. The van der Waals surface area contributed by atoms with Crippen molar-refractivity contribution in [1.29, 1.82) is 0 Å². The third kappa shape index (κ3) is 3.09. The number of aromatic hydroxyl groups is 1. The lowest BCUT2D eigenvalue weighted by Crippen LogP contribution is -2.48. The Bertz CT molecular complexity index is 929. The molecular weight excluding hydrogens is 382 g/mol. The lowest BCUT2D eigenvalue weighted by Gasteiger charge is -2.36. The maximum absolute atomic E-state index is 12.8. The first-order valence-electron chi connectivity index (χ1n) is 8.22. The van der Waals surface area contributed by atoms with Crippen molar-refractivity contribution < 1.29 is 9.90 Å². The van der Waals surface area contributed by atoms with Crippen LogP contribution in [0.3, 0.4) is 0 Å². The SMILES string of the molecule is O=C(c1cc2cc(Br)ccc2[nH]1)N1CCN(c2ccccc2O)CC1. The van der Waals surface area contributed by atoms with Crippen LogP contribution in [0.2, 0.25) is 0 Å². The number of phenolic OH excluding ortho intramolecular Hbond substituents is 1. The summed E-state index contributed by atoms with van der Waals surface area (Å²) in [5.74, 6) is 0.299. The number of carbonyl (C=O) groups excluding carboxylic acids is 1. The zero-order chi connectivity index (χ0) is 17.4. The Labute approximate surface area is 154 Å². The van der Waals surface area contributed by atoms with Crippen molar-refractivity contribution in [2.24, 2.45) is 0 Å². The molecule has 1 aliphatic rings. The number of rotatable bonds is 2. The number of H-pyrrole nitrogens is 1. The Morgan fingerprint density at radius 1 is 1.04 bits per heavy atom. The van der Waals surface area contributed by atoms with Crippen LogP contribution in [0.5, 0.6) is 5.75 Å². The summed E-state index contributed by atoms with van der Waals surface area (Å²) in [4.78, 5) is 20.0. The topological polar surface area (TPSA) is 59.6 Å². The number of carbonyl (C=O) groups is 1. The van der Waals surface area contributed by atoms with Gasteiger partial charge in [-0.2, -0.15) is 0 Å². The largest absolute Gasteiger partial charge is 0.506 e. The molecule has 2 heterocycles. The summed E-state index contributed by atoms with van der Waals surface area (Å²) in [6, 6.07) is 15.1. The number of para-hydroxylation sites is 2. The van der Waals surface area contributed by atoms with Crippen LogP contribution in [-0.2, 0) is 0 Å². The van der Waals surface area contributed by atoms with Gasteiger partial charge in [-0.25, -0.2) is 0 Å². The molecule has 2 N–H and O–H groups in total. The predicted octanol–water partition coefficient (Wildman–Crippen LogP) is 3.60. The van der Waals surface area contributed by atoms with E-state index in [2.05, 4.69) is 25.8 Å². The molecular formula is C19H18BrN3O2. The number of aromatic nitrogens is 1. The minimum Gasteiger partial charge on any atom is -0.506 e. The predicted molar refractivity (Wildman–Crippen MR) is 102 cm³/mol. The number of aromatic amines is 1. The number of hydrogen-bond acceptors (Lipinski definition) is 3. The van der Waals surface area contributed by atoms with Gasteiger partial charge in [0.2, 0.25) is 0 Å². The first-order valence-corrected chi connectivity index (χ1v) is 9.01. The molecule has 1 aromatic heterocycles. The van der Waals surface area contributed by atoms with Gasteiger partial charge in [0.15, 0.2) is 0 Å². The Morgan fingerprint density at radius 2 is 1.80 bits per heavy atom. The standard InChI is InChI=1S/C19H18BrN3O2/c20-14-5-6-15-13(11-14)12-16(21-15)19(25)23-9-7-22(8-10-23)17-3-1-2-4-18(17)24/h1-6,11-12,21,24H,7-10H2. The molecule has 6 heteroatoms. The summed E-state index contributed by atoms with van der Waals surface area (Å²) in [7, 11) is 0. The summed E-state index contributed by atoms with van der Waals surface area (Å²) < 4.78 is 0.995. The van der Waals surface area contributed by atoms with Crippen LogP contribution in [0.1, 0.15) is 10.5 Å². The first-order chi connectivity index (χ1) is 12.1. The summed E-state index contributed by atoms with van der Waals surface area (Å²) in [6.45, 7) is 2.67. The summed E-state index contributed by atoms with van der Waals surface area (Å²) in [5.41, 5.74) is 2.40. The molecule has 0 aliphatic carbocycles. The molecule has 1 amide bonds. The van der Waals surface area contributed by atoms with Crippen LogP contribution in [0.4, 0.5) is 5.69 Å². The number of benzene rings is 2. The van der Waals surface area contributed by atoms with Gasteiger partial charge in [0.1, 0.15) is 11.4 Å². The number of anilines is 1. The molecule has 5 nitrogen and oxygen atoms in total. The van der Waals surface area contributed by atoms with Crippen molar-refractivity contribution in [3.05, 3.63) is 58.7 Å². The number of nitrogens with zero attached hydrogens (tertiary/aromatic N) is 2. The molecule has 0 unspecified atom stereocenters. The summed E-state index contributed by atoms with van der Waals surface area (Å²) >= 11 is 3.45. The van der Waals surface area contributed by atoms with Gasteiger partial charge in [-0.1, -0.05) is 28.1 Å². The number of fused-ring (bicyclic) bond motifs is 1. The number of amides is 1. The highest BCUT2D eigenvalue weighted by Crippen LogP contribution is 2.27. The molecule has 2 aromatic carbocycles. The molecule has 0 bridgehead atoms. The lowest BCUT2D eigenvalue weighted by atomic mass is 10.2. The van der Waals surface area contributed by atoms with Crippen LogP contribution in [0.15, 0.2) is 53.0 Å². The molecule has 1 fully saturated rings. The normalized spacial score (nSPS) is 14.9. The first kappa shape index (κ1) is 16.0. The minimum absolute atomic E-state index is 0.0178. The molecule has 1 aliphatic heterocycles. The molecule has 1 saturated heterocycles. The van der Waals surface area contributed by atoms with Crippen LogP contribution >= 0.6 is 15.9 Å². The zero-order valence-corrected chi connectivity index (χ0v) is 15.2. The second kappa shape index (κ2) is 6.44. The highest BCUT2D eigenvalue weighted by Gasteiger charge is 2.24. The van der Waals surface area contributed by atoms with E-state index in [0.717, 1.165) is 21.1 Å². The van der Waals surface area contributed by atoms with E-state index in [-0.39, 0.29) is 11.7 Å². The average molecular weight is 400 g/mol. The zero-order valence-electron chi connectivity index (χ0n) is 13.6. The monoisotopic (exact) mass is 399 g/mol. The third-order valence-corrected chi connectivity index (χ3v) is 5.10. The van der Waals surface area contributed by atoms with Gasteiger partial charge < -0.3 is 19.9 Å². The second-order valence-corrected chi connectivity index (χ2v) is 7.10. The maximum Gasteiger partial charge on any atom is 0.270 e. The molecule has 25 heavy (non-hydrogen) atoms. The van der Waals surface area contributed by atoms with Gasteiger partial charge in [0, 0.05) is 41.6 Å². The maximum atomic E-state index is 12.8. The van der Waals surface area contributed by atoms with E-state index in [1.54, 1.807) is 6.07 Å². The fourth-order valence-corrected chi connectivity index (χ4v) is 3.65. The smallest absolute Gasteiger partial charge is 0.270 e. The van der Waals surface area contributed by atoms with Gasteiger partial charge >= 0.3 is 0 Å². The van der Waals surface area contributed by atoms with E-state index in [9.17, 15) is 9.90 Å². The van der Waals surface area contributed by atoms with E-state index in [0.29, 0.717) is 31.9 Å². The van der Waals surface area contributed by atoms with E-state index < -0.39 is 0 Å². The number of nitrogens with one attached hydrogen (secondary N) is 1. The average Bonchev–Trinajstić information content (AvgIpc) is 3.05. The molecule has 128 valence electrons. The number of hydrogen-bond donors (Lipinski definition) is 2. The molecule has 0 atom stereocenters. The van der Waals surface area contributed by atoms with Crippen molar-refractivity contribution in [3.63, 3.8) is 0 Å². The van der Waals surface area contributed by atoms with Gasteiger partial charge in [-0.3, -0.25) is 4.79 Å². The van der Waals surface area contributed by atoms with E-state index in [4.69, 9.17) is 0 Å². The Morgan fingerprint density at radius 3 is 2.56 bits per heavy atom. The van der Waals surface area contributed by atoms with Crippen molar-refractivity contribution >= 4 is 38.4 Å². The highest BCUT2D eigenvalue weighted by atomic mass is 79.9. The van der Waals surface area contributed by atoms with Crippen LogP contribution in [0, 0.1) is 0 Å². The van der Waals surface area contributed by atoms with Crippen LogP contribution in [0.25, 0.3) is 10.9 Å². The number of piperazine rings is 1. The van der Waals surface area contributed by atoms with Crippen molar-refractivity contribution in [1.82, 2.24) is 9.88 Å². The fourth-order valence-electron chi connectivity index (χ4n) is 3.27. The summed E-state index contributed by atoms with van der Waals surface area (Å²) in [5, 5.41) is 11.0. The number of halogens is 1. The van der Waals surface area contributed by atoms with Crippen LogP contribution < -0.4 is 4.90 Å². The molecule has 0 saturated carbocycles. The Kier molecular flexibility index (Phi) is 4.13. The van der Waals surface area contributed by atoms with Crippen LogP contribution in [-0.4, -0.2) is 47.1 Å². The highest BCUT2D eigenvalue weighted by molar-refractivity contribution is 9.10. The molecule has 4 rings (SSSR count). The van der Waals surface area contributed by atoms with Crippen molar-refractivity contribution in [2.45, 2.75) is 0 Å². The number of phenols is 1. The van der Waals surface area contributed by atoms with E-state index in [1.807, 2.05) is 47.4 Å². The summed E-state index contributed by atoms with van der Waals surface area (Å²) in [6.07, 6.45) is 0. The van der Waals surface area contributed by atoms with Gasteiger partial charge in [0.25, 0.3) is 5.91 Å². The quantitative estimate of drug-likeness (QED) is 0.691. The Hall–Kier alpha value is -2.47.